The van der Waals surface area contributed by atoms with Gasteiger partial charge in [0.25, 0.3) is 5.91 Å². The second-order valence-corrected chi connectivity index (χ2v) is 9.05. The SMILES string of the molecule is [2H]c1nc(CNc2nc(Nc3ccc(C(=O)NC)cc3)ncc2C(F)(F)F)c(N(C)S(C)(=O)=O)nc1[2H]. The van der Waals surface area contributed by atoms with Crippen molar-refractivity contribution in [3.8, 4) is 0 Å². The average molecular weight is 513 g/mol. The maximum atomic E-state index is 13.6. The predicted octanol–water partition coefficient (Wildman–Crippen LogP) is 2.40. The number of hydrogen-bond acceptors (Lipinski definition) is 9. The molecule has 0 atom stereocenters. The highest BCUT2D eigenvalue weighted by Crippen LogP contribution is 2.34. The topological polar surface area (TPSA) is 142 Å². The highest BCUT2D eigenvalue weighted by atomic mass is 32.2. The number of nitrogens with zero attached hydrogens (tertiary/aromatic N) is 5. The Balaban J connectivity index is 1.94. The lowest BCUT2D eigenvalue weighted by Crippen LogP contribution is -2.27. The van der Waals surface area contributed by atoms with Crippen LogP contribution in [0.3, 0.4) is 0 Å². The quantitative estimate of drug-likeness (QED) is 0.415. The maximum absolute atomic E-state index is 13.6. The summed E-state index contributed by atoms with van der Waals surface area (Å²) in [6, 6.07) is 6.02. The first-order valence-corrected chi connectivity index (χ1v) is 11.6. The van der Waals surface area contributed by atoms with Gasteiger partial charge in [-0.3, -0.25) is 14.1 Å². The minimum atomic E-state index is -4.83. The largest absolute Gasteiger partial charge is 0.421 e. The Morgan fingerprint density at radius 3 is 2.40 bits per heavy atom. The maximum Gasteiger partial charge on any atom is 0.421 e. The molecule has 0 saturated heterocycles. The number of halogens is 3. The third-order valence-corrected chi connectivity index (χ3v) is 5.77. The van der Waals surface area contributed by atoms with Gasteiger partial charge < -0.3 is 16.0 Å². The van der Waals surface area contributed by atoms with Crippen LogP contribution in [0.1, 0.15) is 24.4 Å². The van der Waals surface area contributed by atoms with Gasteiger partial charge in [0.05, 0.1) is 15.5 Å². The van der Waals surface area contributed by atoms with Gasteiger partial charge >= 0.3 is 6.18 Å². The van der Waals surface area contributed by atoms with E-state index in [-0.39, 0.29) is 23.4 Å². The fourth-order valence-corrected chi connectivity index (χ4v) is 3.20. The molecule has 0 aliphatic heterocycles. The number of anilines is 4. The molecule has 3 rings (SSSR count). The summed E-state index contributed by atoms with van der Waals surface area (Å²) < 4.78 is 80.8. The van der Waals surface area contributed by atoms with E-state index < -0.39 is 46.5 Å². The molecule has 1 amide bonds. The standard InChI is InChI=1S/C20H21F3N8O3S/c1-24-18(32)12-4-6-13(7-5-12)29-19-28-10-14(20(21,22)23)16(30-19)27-11-15-17(26-9-8-25-15)31(2)35(3,33)34/h4-10H,11H2,1-3H3,(H,24,32)(H2,27,28,29,30)/i8D,9D. The van der Waals surface area contributed by atoms with E-state index in [0.717, 1.165) is 13.3 Å². The van der Waals surface area contributed by atoms with Gasteiger partial charge in [-0.25, -0.2) is 18.4 Å². The lowest BCUT2D eigenvalue weighted by molar-refractivity contribution is -0.137. The smallest absolute Gasteiger partial charge is 0.364 e. The molecule has 0 unspecified atom stereocenters. The van der Waals surface area contributed by atoms with Crippen molar-refractivity contribution in [2.75, 3.05) is 35.3 Å². The van der Waals surface area contributed by atoms with Gasteiger partial charge in [-0.1, -0.05) is 0 Å². The number of hydrogen-bond donors (Lipinski definition) is 3. The van der Waals surface area contributed by atoms with Crippen molar-refractivity contribution in [2.45, 2.75) is 12.7 Å². The lowest BCUT2D eigenvalue weighted by Gasteiger charge is -2.19. The van der Waals surface area contributed by atoms with Crippen LogP contribution in [-0.2, 0) is 22.7 Å². The third-order valence-electron chi connectivity index (χ3n) is 4.60. The summed E-state index contributed by atoms with van der Waals surface area (Å²) >= 11 is 0. The number of benzene rings is 1. The molecule has 0 aliphatic carbocycles. The molecular formula is C20H21F3N8O3S. The van der Waals surface area contributed by atoms with E-state index in [1.165, 1.54) is 31.3 Å². The van der Waals surface area contributed by atoms with Crippen LogP contribution in [0, 0.1) is 0 Å². The summed E-state index contributed by atoms with van der Waals surface area (Å²) in [4.78, 5) is 26.8. The van der Waals surface area contributed by atoms with Crippen LogP contribution in [0.4, 0.5) is 36.4 Å². The van der Waals surface area contributed by atoms with Crippen molar-refractivity contribution < 1.29 is 29.1 Å². The number of aromatic nitrogens is 4. The van der Waals surface area contributed by atoms with Crippen LogP contribution in [0.2, 0.25) is 0 Å². The van der Waals surface area contributed by atoms with Crippen molar-refractivity contribution in [3.63, 3.8) is 0 Å². The molecule has 2 aromatic heterocycles. The van der Waals surface area contributed by atoms with Crippen molar-refractivity contribution in [3.05, 3.63) is 59.6 Å². The van der Waals surface area contributed by atoms with Gasteiger partial charge in [0.2, 0.25) is 16.0 Å². The zero-order valence-corrected chi connectivity index (χ0v) is 19.4. The highest BCUT2D eigenvalue weighted by Gasteiger charge is 2.35. The van der Waals surface area contributed by atoms with Gasteiger partial charge in [0.15, 0.2) is 5.82 Å². The van der Waals surface area contributed by atoms with E-state index >= 15 is 0 Å². The molecule has 0 radical (unpaired) electrons. The first-order chi connectivity index (χ1) is 17.2. The van der Waals surface area contributed by atoms with E-state index in [0.29, 0.717) is 21.8 Å². The van der Waals surface area contributed by atoms with E-state index in [1.54, 1.807) is 0 Å². The summed E-state index contributed by atoms with van der Waals surface area (Å²) in [5.74, 6) is -1.50. The fraction of sp³-hybridized carbons (Fsp3) is 0.250. The molecule has 15 heteroatoms. The van der Waals surface area contributed by atoms with Gasteiger partial charge in [0.1, 0.15) is 17.1 Å². The number of rotatable bonds is 8. The summed E-state index contributed by atoms with van der Waals surface area (Å²) in [6.07, 6.45) is -4.60. The molecule has 0 saturated carbocycles. The predicted molar refractivity (Wildman–Crippen MR) is 123 cm³/mol. The van der Waals surface area contributed by atoms with E-state index in [9.17, 15) is 26.4 Å². The van der Waals surface area contributed by atoms with E-state index in [2.05, 4.69) is 35.9 Å². The first kappa shape index (κ1) is 22.8. The van der Waals surface area contributed by atoms with Crippen LogP contribution in [0.15, 0.2) is 42.8 Å². The number of carbonyl (C=O) groups is 1. The molecule has 2 heterocycles. The van der Waals surface area contributed by atoms with Crippen molar-refractivity contribution in [2.24, 2.45) is 0 Å². The van der Waals surface area contributed by atoms with Gasteiger partial charge in [0, 0.05) is 43.9 Å². The molecule has 186 valence electrons. The Morgan fingerprint density at radius 2 is 1.80 bits per heavy atom. The zero-order chi connectivity index (χ0) is 27.5. The van der Waals surface area contributed by atoms with Crippen LogP contribution >= 0.6 is 0 Å². The Morgan fingerprint density at radius 1 is 1.14 bits per heavy atom. The lowest BCUT2D eigenvalue weighted by atomic mass is 10.2. The second kappa shape index (κ2) is 10.1. The average Bonchev–Trinajstić information content (AvgIpc) is 2.82. The van der Waals surface area contributed by atoms with Crippen LogP contribution in [0.5, 0.6) is 0 Å². The van der Waals surface area contributed by atoms with Gasteiger partial charge in [-0.05, 0) is 24.3 Å². The molecular weight excluding hydrogens is 489 g/mol. The molecule has 0 fully saturated rings. The number of carbonyl (C=O) groups excluding carboxylic acids is 1. The van der Waals surface area contributed by atoms with Gasteiger partial charge in [-0.15, -0.1) is 0 Å². The summed E-state index contributed by atoms with van der Waals surface area (Å²) in [5, 5.41) is 7.66. The summed E-state index contributed by atoms with van der Waals surface area (Å²) in [5.41, 5.74) is -0.638. The molecule has 11 nitrogen and oxygen atoms in total. The fourth-order valence-electron chi connectivity index (χ4n) is 2.74. The van der Waals surface area contributed by atoms with E-state index in [4.69, 9.17) is 2.74 Å². The molecule has 1 aromatic carbocycles. The highest BCUT2D eigenvalue weighted by molar-refractivity contribution is 7.92. The first-order valence-electron chi connectivity index (χ1n) is 10.8. The monoisotopic (exact) mass is 512 g/mol. The summed E-state index contributed by atoms with van der Waals surface area (Å²) in [6.45, 7) is -0.505. The Bertz CT molecular complexity index is 1420. The van der Waals surface area contributed by atoms with Gasteiger partial charge in [-0.2, -0.15) is 18.2 Å². The van der Waals surface area contributed by atoms with Crippen LogP contribution in [-0.4, -0.2) is 54.6 Å². The third kappa shape index (κ3) is 6.32. The molecule has 0 spiro atoms. The van der Waals surface area contributed by atoms with Crippen LogP contribution < -0.4 is 20.3 Å². The number of nitrogens with one attached hydrogen (secondary N) is 3. The summed E-state index contributed by atoms with van der Waals surface area (Å²) in [7, 11) is -1.25. The Kier molecular flexibility index (Phi) is 6.56. The zero-order valence-electron chi connectivity index (χ0n) is 20.6. The van der Waals surface area contributed by atoms with E-state index in [1.807, 2.05) is 0 Å². The van der Waals surface area contributed by atoms with Crippen molar-refractivity contribution in [1.29, 1.82) is 0 Å². The van der Waals surface area contributed by atoms with Crippen LogP contribution in [0.25, 0.3) is 0 Å². The molecule has 0 bridgehead atoms. The molecule has 35 heavy (non-hydrogen) atoms. The second-order valence-electron chi connectivity index (χ2n) is 7.04. The number of alkyl halides is 3. The number of sulfonamides is 1. The Labute approximate surface area is 201 Å². The van der Waals surface area contributed by atoms with Crippen molar-refractivity contribution >= 4 is 39.2 Å². The number of amides is 1. The molecule has 0 aliphatic rings. The normalized spacial score (nSPS) is 12.4. The minimum absolute atomic E-state index is 0.194. The molecule has 3 N–H and O–H groups in total. The van der Waals surface area contributed by atoms with Crippen molar-refractivity contribution in [1.82, 2.24) is 25.3 Å². The molecule has 3 aromatic rings. The Hall–Kier alpha value is -4.01. The minimum Gasteiger partial charge on any atom is -0.364 e.